The number of nitrogens with zero attached hydrogens (tertiary/aromatic N) is 4. The van der Waals surface area contributed by atoms with E-state index in [-0.39, 0.29) is 24.4 Å². The number of piperazine rings is 1. The van der Waals surface area contributed by atoms with Gasteiger partial charge in [-0.3, -0.25) is 14.5 Å². The minimum Gasteiger partial charge on any atom is -0.378 e. The summed E-state index contributed by atoms with van der Waals surface area (Å²) in [7, 11) is 0. The van der Waals surface area contributed by atoms with Crippen molar-refractivity contribution in [1.29, 1.82) is 0 Å². The first-order chi connectivity index (χ1) is 16.3. The van der Waals surface area contributed by atoms with Gasteiger partial charge in [0.15, 0.2) is 0 Å². The minimum atomic E-state index is -4.42. The van der Waals surface area contributed by atoms with Crippen molar-refractivity contribution in [2.45, 2.75) is 31.5 Å². The maximum Gasteiger partial charge on any atom is 0.416 e. The van der Waals surface area contributed by atoms with Gasteiger partial charge in [0.25, 0.3) is 0 Å². The number of benzene rings is 1. The Balaban J connectivity index is 1.38. The number of carbonyl (C=O) groups excluding carboxylic acids is 2. The molecule has 0 bridgehead atoms. The smallest absolute Gasteiger partial charge is 0.378 e. The predicted molar refractivity (Wildman–Crippen MR) is 119 cm³/mol. The number of amides is 2. The summed E-state index contributed by atoms with van der Waals surface area (Å²) in [5.74, 6) is -0.336. The number of rotatable bonds is 3. The van der Waals surface area contributed by atoms with Crippen LogP contribution in [0.1, 0.15) is 24.0 Å². The average Bonchev–Trinajstić information content (AvgIpc) is 3.37. The van der Waals surface area contributed by atoms with Crippen LogP contribution in [0.2, 0.25) is 0 Å². The number of halogens is 3. The number of carbonyl (C=O) groups is 2. The largest absolute Gasteiger partial charge is 0.416 e. The number of morpholine rings is 1. The molecule has 5 rings (SSSR count). The van der Waals surface area contributed by atoms with Crippen molar-refractivity contribution in [2.24, 2.45) is 5.92 Å². The molecule has 2 atom stereocenters. The van der Waals surface area contributed by atoms with Gasteiger partial charge in [0.1, 0.15) is 0 Å². The number of hydrogen-bond donors (Lipinski definition) is 0. The molecule has 2 amide bonds. The molecule has 34 heavy (non-hydrogen) atoms. The average molecular weight is 481 g/mol. The Labute approximate surface area is 197 Å². The maximum absolute atomic E-state index is 13.5. The Morgan fingerprint density at radius 3 is 2.41 bits per heavy atom. The zero-order chi connectivity index (χ0) is 23.9. The molecule has 4 aliphatic rings. The minimum absolute atomic E-state index is 0.0249. The molecule has 0 radical (unpaired) electrons. The van der Waals surface area contributed by atoms with Crippen molar-refractivity contribution in [3.8, 4) is 0 Å². The number of hydrogen-bond acceptors (Lipinski definition) is 5. The summed E-state index contributed by atoms with van der Waals surface area (Å²) < 4.78 is 45.5. The molecule has 0 unspecified atom stereocenters. The lowest BCUT2D eigenvalue weighted by atomic mass is 9.82. The van der Waals surface area contributed by atoms with Crippen LogP contribution in [-0.4, -0.2) is 98.1 Å². The van der Waals surface area contributed by atoms with Gasteiger partial charge in [-0.05, 0) is 43.0 Å². The van der Waals surface area contributed by atoms with E-state index in [0.717, 1.165) is 24.6 Å². The molecule has 0 N–H and O–H groups in total. The van der Waals surface area contributed by atoms with E-state index in [1.54, 1.807) is 6.07 Å². The van der Waals surface area contributed by atoms with Crippen LogP contribution >= 0.6 is 0 Å². The highest BCUT2D eigenvalue weighted by molar-refractivity contribution is 5.83. The van der Waals surface area contributed by atoms with Crippen LogP contribution in [0, 0.1) is 5.92 Å². The predicted octanol–water partition coefficient (Wildman–Crippen LogP) is 1.85. The third-order valence-corrected chi connectivity index (χ3v) is 7.58. The zero-order valence-corrected chi connectivity index (χ0v) is 19.2. The molecule has 3 fully saturated rings. The second kappa shape index (κ2) is 9.37. The molecular weight excluding hydrogens is 449 g/mol. The summed E-state index contributed by atoms with van der Waals surface area (Å²) in [6.45, 7) is 5.71. The van der Waals surface area contributed by atoms with Gasteiger partial charge in [0.05, 0.1) is 37.3 Å². The fourth-order valence-corrected chi connectivity index (χ4v) is 5.76. The number of fused-ring (bicyclic) bond motifs is 3. The topological polar surface area (TPSA) is 56.3 Å². The Bertz CT molecular complexity index is 929. The normalized spacial score (nSPS) is 25.8. The van der Waals surface area contributed by atoms with E-state index in [9.17, 15) is 22.8 Å². The molecule has 4 aliphatic heterocycles. The fourth-order valence-electron chi connectivity index (χ4n) is 5.76. The SMILES string of the molecule is O=C(CN1CCN2c3ccc(C(F)(F)F)cc3C[C@H](C(=O)N3CCCC3)[C@@H]2C1)N1CCOCC1. The van der Waals surface area contributed by atoms with E-state index >= 15 is 0 Å². The molecule has 1 aromatic carbocycles. The van der Waals surface area contributed by atoms with Gasteiger partial charge in [0, 0.05) is 51.5 Å². The highest BCUT2D eigenvalue weighted by Gasteiger charge is 2.44. The van der Waals surface area contributed by atoms with Gasteiger partial charge >= 0.3 is 6.18 Å². The van der Waals surface area contributed by atoms with Gasteiger partial charge in [0.2, 0.25) is 11.8 Å². The Kier molecular flexibility index (Phi) is 6.45. The molecule has 0 aromatic heterocycles. The van der Waals surface area contributed by atoms with Gasteiger partial charge < -0.3 is 19.4 Å². The van der Waals surface area contributed by atoms with Gasteiger partial charge in [-0.15, -0.1) is 0 Å². The van der Waals surface area contributed by atoms with Crippen LogP contribution in [0.15, 0.2) is 18.2 Å². The van der Waals surface area contributed by atoms with Gasteiger partial charge in [-0.25, -0.2) is 0 Å². The Hall–Kier alpha value is -2.33. The van der Waals surface area contributed by atoms with E-state index in [1.807, 2.05) is 9.80 Å². The van der Waals surface area contributed by atoms with Crippen molar-refractivity contribution in [3.63, 3.8) is 0 Å². The summed E-state index contributed by atoms with van der Waals surface area (Å²) in [6, 6.07) is 3.73. The first-order valence-corrected chi connectivity index (χ1v) is 12.1. The lowest BCUT2D eigenvalue weighted by Gasteiger charge is -2.49. The number of likely N-dealkylation sites (tertiary alicyclic amines) is 1. The number of anilines is 1. The molecule has 0 saturated carbocycles. The Morgan fingerprint density at radius 2 is 1.71 bits per heavy atom. The summed E-state index contributed by atoms with van der Waals surface area (Å²) in [4.78, 5) is 34.2. The molecule has 186 valence electrons. The number of alkyl halides is 3. The third-order valence-electron chi connectivity index (χ3n) is 7.58. The first-order valence-electron chi connectivity index (χ1n) is 12.1. The van der Waals surface area contributed by atoms with E-state index in [2.05, 4.69) is 9.80 Å². The molecule has 4 heterocycles. The van der Waals surface area contributed by atoms with Crippen LogP contribution in [-0.2, 0) is 26.9 Å². The van der Waals surface area contributed by atoms with Crippen LogP contribution in [0.4, 0.5) is 18.9 Å². The van der Waals surface area contributed by atoms with E-state index in [1.165, 1.54) is 6.07 Å². The molecule has 10 heteroatoms. The molecular formula is C24H31F3N4O3. The lowest BCUT2D eigenvalue weighted by molar-refractivity contribution is -0.138. The fraction of sp³-hybridized carbons (Fsp3) is 0.667. The van der Waals surface area contributed by atoms with Crippen molar-refractivity contribution in [2.75, 3.05) is 70.5 Å². The molecule has 0 aliphatic carbocycles. The summed E-state index contributed by atoms with van der Waals surface area (Å²) in [6.07, 6.45) is -2.20. The van der Waals surface area contributed by atoms with Crippen molar-refractivity contribution >= 4 is 17.5 Å². The van der Waals surface area contributed by atoms with Crippen molar-refractivity contribution in [1.82, 2.24) is 14.7 Å². The van der Waals surface area contributed by atoms with Crippen LogP contribution in [0.3, 0.4) is 0 Å². The molecule has 7 nitrogen and oxygen atoms in total. The lowest BCUT2D eigenvalue weighted by Crippen LogP contribution is -2.62. The van der Waals surface area contributed by atoms with Crippen LogP contribution in [0.25, 0.3) is 0 Å². The summed E-state index contributed by atoms with van der Waals surface area (Å²) in [5, 5.41) is 0. The van der Waals surface area contributed by atoms with Crippen molar-refractivity contribution in [3.05, 3.63) is 29.3 Å². The first kappa shape index (κ1) is 23.4. The highest BCUT2D eigenvalue weighted by atomic mass is 19.4. The monoisotopic (exact) mass is 480 g/mol. The van der Waals surface area contributed by atoms with Gasteiger partial charge in [-0.2, -0.15) is 13.2 Å². The zero-order valence-electron chi connectivity index (χ0n) is 19.2. The highest BCUT2D eigenvalue weighted by Crippen LogP contribution is 2.40. The molecule has 3 saturated heterocycles. The van der Waals surface area contributed by atoms with Crippen LogP contribution < -0.4 is 4.90 Å². The second-order valence-electron chi connectivity index (χ2n) is 9.67. The van der Waals surface area contributed by atoms with Crippen molar-refractivity contribution < 1.29 is 27.5 Å². The maximum atomic E-state index is 13.5. The van der Waals surface area contributed by atoms with Gasteiger partial charge in [-0.1, -0.05) is 0 Å². The third kappa shape index (κ3) is 4.62. The quantitative estimate of drug-likeness (QED) is 0.661. The summed E-state index contributed by atoms with van der Waals surface area (Å²) in [5.41, 5.74) is 0.691. The molecule has 1 aromatic rings. The van der Waals surface area contributed by atoms with E-state index in [4.69, 9.17) is 4.74 Å². The molecule has 0 spiro atoms. The van der Waals surface area contributed by atoms with Crippen LogP contribution in [0.5, 0.6) is 0 Å². The standard InChI is InChI=1S/C24H31F3N4O3/c25-24(26,27)18-3-4-20-17(13-18)14-19(23(33)30-5-1-2-6-30)21-15-28(7-8-31(20)21)16-22(32)29-9-11-34-12-10-29/h3-4,13,19,21H,1-2,5-12,14-16H2/t19-,21-/m0/s1. The summed E-state index contributed by atoms with van der Waals surface area (Å²) >= 11 is 0. The van der Waals surface area contributed by atoms with E-state index < -0.39 is 17.7 Å². The Morgan fingerprint density at radius 1 is 0.971 bits per heavy atom. The number of ether oxygens (including phenoxy) is 1. The van der Waals surface area contributed by atoms with E-state index in [0.29, 0.717) is 71.0 Å². The second-order valence-corrected chi connectivity index (χ2v) is 9.67.